The number of sulfonamides is 1. The van der Waals surface area contributed by atoms with Crippen LogP contribution < -0.4 is 4.72 Å². The fourth-order valence-electron chi connectivity index (χ4n) is 5.71. The molecular formula is C32H37FN8O4S. The first kappa shape index (κ1) is 31.6. The standard InChI is InChI=1S/C32H37FN8O4S/c1-21(2)20-45-32(42)31-30(27-15-25(33)5-8-28(27)37-31)29-19-41(39-38-29)18-22-9-12-40(13-10-22)14-11-36-46(43,44)26-6-3-23(4-7-26)24-16-34-35-17-24/h3-8,15-17,19,21-22,36-37H,9-14,18,20H2,1-2H3,(H,34,35). The van der Waals surface area contributed by atoms with E-state index in [4.69, 9.17) is 4.74 Å². The van der Waals surface area contributed by atoms with E-state index in [1.54, 1.807) is 53.6 Å². The van der Waals surface area contributed by atoms with Crippen molar-refractivity contribution in [3.63, 3.8) is 0 Å². The Hall–Kier alpha value is -4.40. The molecule has 46 heavy (non-hydrogen) atoms. The van der Waals surface area contributed by atoms with E-state index >= 15 is 0 Å². The Balaban J connectivity index is 1.02. The number of esters is 1. The minimum atomic E-state index is -3.62. The number of hydrogen-bond acceptors (Lipinski definition) is 8. The summed E-state index contributed by atoms with van der Waals surface area (Å²) in [4.78, 5) is 18.5. The van der Waals surface area contributed by atoms with Crippen LogP contribution in [0.2, 0.25) is 0 Å². The minimum Gasteiger partial charge on any atom is -0.461 e. The molecule has 6 rings (SSSR count). The first-order valence-corrected chi connectivity index (χ1v) is 16.8. The van der Waals surface area contributed by atoms with Crippen LogP contribution in [0.15, 0.2) is 66.0 Å². The first-order valence-electron chi connectivity index (χ1n) is 15.4. The summed E-state index contributed by atoms with van der Waals surface area (Å²) < 4.78 is 49.8. The van der Waals surface area contributed by atoms with E-state index in [2.05, 4.69) is 35.1 Å². The number of hydrogen-bond donors (Lipinski definition) is 3. The highest BCUT2D eigenvalue weighted by Crippen LogP contribution is 2.33. The number of carbonyl (C=O) groups excluding carboxylic acids is 1. The van der Waals surface area contributed by atoms with Gasteiger partial charge in [-0.15, -0.1) is 5.10 Å². The number of nitrogens with zero attached hydrogens (tertiary/aromatic N) is 5. The number of aromatic nitrogens is 6. The molecule has 0 spiro atoms. The average molecular weight is 649 g/mol. The maximum Gasteiger partial charge on any atom is 0.355 e. The van der Waals surface area contributed by atoms with Crippen molar-refractivity contribution in [2.24, 2.45) is 11.8 Å². The second-order valence-corrected chi connectivity index (χ2v) is 13.8. The van der Waals surface area contributed by atoms with Gasteiger partial charge in [-0.3, -0.25) is 9.78 Å². The van der Waals surface area contributed by atoms with Gasteiger partial charge in [0.05, 0.1) is 23.9 Å². The van der Waals surface area contributed by atoms with Gasteiger partial charge in [-0.25, -0.2) is 22.3 Å². The molecule has 1 saturated heterocycles. The highest BCUT2D eigenvalue weighted by Gasteiger charge is 2.25. The molecule has 3 N–H and O–H groups in total. The van der Waals surface area contributed by atoms with Gasteiger partial charge < -0.3 is 14.6 Å². The summed E-state index contributed by atoms with van der Waals surface area (Å²) in [5, 5.41) is 15.9. The van der Waals surface area contributed by atoms with Crippen LogP contribution >= 0.6 is 0 Å². The van der Waals surface area contributed by atoms with Crippen molar-refractivity contribution in [3.8, 4) is 22.4 Å². The molecule has 0 aliphatic carbocycles. The number of carbonyl (C=O) groups is 1. The maximum atomic E-state index is 14.2. The second kappa shape index (κ2) is 13.5. The largest absolute Gasteiger partial charge is 0.461 e. The van der Waals surface area contributed by atoms with Crippen LogP contribution in [0.1, 0.15) is 37.2 Å². The molecule has 0 radical (unpaired) electrons. The number of benzene rings is 2. The van der Waals surface area contributed by atoms with Crippen LogP contribution in [0.3, 0.4) is 0 Å². The quantitative estimate of drug-likeness (QED) is 0.168. The third-order valence-electron chi connectivity index (χ3n) is 8.18. The summed E-state index contributed by atoms with van der Waals surface area (Å²) in [5.74, 6) is -0.412. The van der Waals surface area contributed by atoms with Crippen molar-refractivity contribution in [1.29, 1.82) is 0 Å². The number of likely N-dealkylation sites (tertiary alicyclic amines) is 1. The van der Waals surface area contributed by atoms with Crippen LogP contribution in [-0.2, 0) is 21.3 Å². The van der Waals surface area contributed by atoms with Crippen molar-refractivity contribution in [2.75, 3.05) is 32.8 Å². The normalized spacial score (nSPS) is 14.8. The molecule has 1 aliphatic heterocycles. The molecule has 2 aromatic carbocycles. The first-order chi connectivity index (χ1) is 22.2. The summed E-state index contributed by atoms with van der Waals surface area (Å²) in [6.45, 7) is 7.41. The van der Waals surface area contributed by atoms with E-state index in [1.807, 2.05) is 13.8 Å². The molecule has 242 valence electrons. The number of fused-ring (bicyclic) bond motifs is 1. The molecule has 0 saturated carbocycles. The number of aromatic amines is 2. The monoisotopic (exact) mass is 648 g/mol. The topological polar surface area (TPSA) is 151 Å². The van der Waals surface area contributed by atoms with Gasteiger partial charge in [-0.2, -0.15) is 5.10 Å². The molecule has 0 unspecified atom stereocenters. The summed E-state index contributed by atoms with van der Waals surface area (Å²) in [5.41, 5.74) is 3.56. The molecule has 1 aliphatic rings. The molecule has 5 aromatic rings. The highest BCUT2D eigenvalue weighted by atomic mass is 32.2. The van der Waals surface area contributed by atoms with Crippen LogP contribution in [0.25, 0.3) is 33.3 Å². The third kappa shape index (κ3) is 7.19. The fraction of sp³-hybridized carbons (Fsp3) is 0.375. The number of rotatable bonds is 12. The van der Waals surface area contributed by atoms with E-state index in [1.165, 1.54) is 12.1 Å². The van der Waals surface area contributed by atoms with Gasteiger partial charge in [0.25, 0.3) is 0 Å². The van der Waals surface area contributed by atoms with E-state index in [-0.39, 0.29) is 23.1 Å². The lowest BCUT2D eigenvalue weighted by molar-refractivity contribution is 0.0454. The summed E-state index contributed by atoms with van der Waals surface area (Å²) in [6.07, 6.45) is 7.07. The second-order valence-electron chi connectivity index (χ2n) is 12.1. The Morgan fingerprint density at radius 2 is 1.91 bits per heavy atom. The van der Waals surface area contributed by atoms with Gasteiger partial charge in [0, 0.05) is 47.9 Å². The van der Waals surface area contributed by atoms with Crippen molar-refractivity contribution in [3.05, 3.63) is 72.6 Å². The van der Waals surface area contributed by atoms with Gasteiger partial charge in [-0.1, -0.05) is 31.2 Å². The number of H-pyrrole nitrogens is 2. The Bertz CT molecular complexity index is 1890. The lowest BCUT2D eigenvalue weighted by Gasteiger charge is -2.31. The molecule has 14 heteroatoms. The lowest BCUT2D eigenvalue weighted by atomic mass is 9.97. The van der Waals surface area contributed by atoms with Crippen molar-refractivity contribution in [1.82, 2.24) is 39.8 Å². The molecule has 3 aromatic heterocycles. The SMILES string of the molecule is CC(C)COC(=O)c1[nH]c2ccc(F)cc2c1-c1cn(CC2CCN(CCNS(=O)(=O)c3ccc(-c4cn[nH]c4)cc3)CC2)nn1. The molecule has 0 amide bonds. The highest BCUT2D eigenvalue weighted by molar-refractivity contribution is 7.89. The van der Waals surface area contributed by atoms with Gasteiger partial charge in [0.15, 0.2) is 0 Å². The van der Waals surface area contributed by atoms with Gasteiger partial charge in [0.1, 0.15) is 17.2 Å². The molecule has 1 fully saturated rings. The molecule has 12 nitrogen and oxygen atoms in total. The maximum absolute atomic E-state index is 14.2. The lowest BCUT2D eigenvalue weighted by Crippen LogP contribution is -2.40. The van der Waals surface area contributed by atoms with Gasteiger partial charge in [-0.05, 0) is 73.7 Å². The van der Waals surface area contributed by atoms with Crippen molar-refractivity contribution < 1.29 is 22.3 Å². The zero-order valence-corrected chi connectivity index (χ0v) is 26.6. The van der Waals surface area contributed by atoms with E-state index in [0.717, 1.165) is 37.1 Å². The number of piperidine rings is 1. The van der Waals surface area contributed by atoms with Crippen LogP contribution in [0.4, 0.5) is 4.39 Å². The van der Waals surface area contributed by atoms with E-state index in [0.29, 0.717) is 47.7 Å². The van der Waals surface area contributed by atoms with Crippen LogP contribution in [0.5, 0.6) is 0 Å². The fourth-order valence-corrected chi connectivity index (χ4v) is 6.73. The summed E-state index contributed by atoms with van der Waals surface area (Å²) in [7, 11) is -3.62. The van der Waals surface area contributed by atoms with Crippen molar-refractivity contribution >= 4 is 26.9 Å². The zero-order valence-electron chi connectivity index (χ0n) is 25.7. The van der Waals surface area contributed by atoms with Crippen molar-refractivity contribution in [2.45, 2.75) is 38.1 Å². The van der Waals surface area contributed by atoms with Crippen LogP contribution in [-0.4, -0.2) is 82.2 Å². The molecule has 4 heterocycles. The minimum absolute atomic E-state index is 0.169. The van der Waals surface area contributed by atoms with Gasteiger partial charge in [0.2, 0.25) is 10.0 Å². The number of halogens is 1. The number of nitrogens with one attached hydrogen (secondary N) is 3. The zero-order chi connectivity index (χ0) is 32.3. The number of ether oxygens (including phenoxy) is 1. The molecule has 0 atom stereocenters. The predicted octanol–water partition coefficient (Wildman–Crippen LogP) is 4.46. The third-order valence-corrected chi connectivity index (χ3v) is 9.65. The van der Waals surface area contributed by atoms with E-state index < -0.39 is 21.8 Å². The Morgan fingerprint density at radius 1 is 1.13 bits per heavy atom. The smallest absolute Gasteiger partial charge is 0.355 e. The van der Waals surface area contributed by atoms with Crippen LogP contribution in [0, 0.1) is 17.7 Å². The Kier molecular flexibility index (Phi) is 9.29. The summed E-state index contributed by atoms with van der Waals surface area (Å²) >= 11 is 0. The Morgan fingerprint density at radius 3 is 2.63 bits per heavy atom. The van der Waals surface area contributed by atoms with Gasteiger partial charge >= 0.3 is 5.97 Å². The average Bonchev–Trinajstić information content (AvgIpc) is 3.81. The predicted molar refractivity (Wildman–Crippen MR) is 171 cm³/mol. The summed E-state index contributed by atoms with van der Waals surface area (Å²) in [6, 6.07) is 11.0. The molecular weight excluding hydrogens is 611 g/mol. The van der Waals surface area contributed by atoms with E-state index in [9.17, 15) is 17.6 Å². The Labute approximate surface area is 266 Å². The molecule has 0 bridgehead atoms.